The van der Waals surface area contributed by atoms with Crippen LogP contribution in [0, 0.1) is 3.57 Å². The first-order valence-electron chi connectivity index (χ1n) is 5.09. The molecular formula is C11H13BrINO3S. The molecule has 1 aromatic carbocycles. The van der Waals surface area contributed by atoms with Gasteiger partial charge in [0.05, 0.1) is 11.3 Å². The maximum atomic E-state index is 12.1. The summed E-state index contributed by atoms with van der Waals surface area (Å²) in [7, 11) is -1.46. The zero-order chi connectivity index (χ0) is 13.9. The van der Waals surface area contributed by atoms with Crippen molar-refractivity contribution in [3.8, 4) is 0 Å². The number of amides is 1. The highest BCUT2D eigenvalue weighted by Crippen LogP contribution is 2.20. The van der Waals surface area contributed by atoms with E-state index in [0.29, 0.717) is 10.0 Å². The first kappa shape index (κ1) is 15.9. The predicted molar refractivity (Wildman–Crippen MR) is 83.5 cm³/mol. The van der Waals surface area contributed by atoms with Gasteiger partial charge in [-0.1, -0.05) is 0 Å². The molecule has 0 saturated carbocycles. The average Bonchev–Trinajstić information content (AvgIpc) is 2.27. The van der Waals surface area contributed by atoms with Gasteiger partial charge in [-0.2, -0.15) is 0 Å². The first-order chi connectivity index (χ1) is 8.20. The number of rotatable bonds is 4. The Morgan fingerprint density at radius 1 is 1.44 bits per heavy atom. The van der Waals surface area contributed by atoms with Gasteiger partial charge < -0.3 is 4.90 Å². The van der Waals surface area contributed by atoms with Crippen molar-refractivity contribution in [3.63, 3.8) is 0 Å². The molecule has 0 aliphatic heterocycles. The highest BCUT2D eigenvalue weighted by molar-refractivity contribution is 14.1. The van der Waals surface area contributed by atoms with Crippen LogP contribution in [0.25, 0.3) is 0 Å². The summed E-state index contributed by atoms with van der Waals surface area (Å²) in [6.45, 7) is 0.190. The smallest absolute Gasteiger partial charge is 0.254 e. The standard InChI is InChI=1S/C11H13BrINO3S/c1-14(5-6-18(2,16)17)11(15)9-7-8(13)3-4-10(9)12/h3-4,7H,5-6H2,1-2H3. The molecule has 0 aromatic heterocycles. The minimum absolute atomic E-state index is 0.0310. The molecule has 0 spiro atoms. The number of hydrogen-bond donors (Lipinski definition) is 0. The number of hydrogen-bond acceptors (Lipinski definition) is 3. The van der Waals surface area contributed by atoms with Crippen molar-refractivity contribution in [1.29, 1.82) is 0 Å². The van der Waals surface area contributed by atoms with Crippen LogP contribution in [0.5, 0.6) is 0 Å². The van der Waals surface area contributed by atoms with Crippen molar-refractivity contribution >= 4 is 54.3 Å². The van der Waals surface area contributed by atoms with E-state index >= 15 is 0 Å². The Hall–Kier alpha value is -0.150. The third kappa shape index (κ3) is 4.85. The Kier molecular flexibility index (Phi) is 5.60. The second-order valence-electron chi connectivity index (χ2n) is 3.98. The van der Waals surface area contributed by atoms with E-state index in [2.05, 4.69) is 38.5 Å². The van der Waals surface area contributed by atoms with Crippen molar-refractivity contribution in [1.82, 2.24) is 4.90 Å². The highest BCUT2D eigenvalue weighted by atomic mass is 127. The Balaban J connectivity index is 2.83. The van der Waals surface area contributed by atoms with Gasteiger partial charge in [-0.05, 0) is 56.7 Å². The molecule has 0 atom stereocenters. The second kappa shape index (κ2) is 6.33. The Morgan fingerprint density at radius 2 is 2.06 bits per heavy atom. The molecule has 0 aliphatic rings. The lowest BCUT2D eigenvalue weighted by molar-refractivity contribution is 0.0802. The fraction of sp³-hybridized carbons (Fsp3) is 0.364. The monoisotopic (exact) mass is 445 g/mol. The van der Waals surface area contributed by atoms with Gasteiger partial charge in [0.15, 0.2) is 0 Å². The van der Waals surface area contributed by atoms with Crippen LogP contribution in [0.3, 0.4) is 0 Å². The lowest BCUT2D eigenvalue weighted by atomic mass is 10.2. The van der Waals surface area contributed by atoms with Crippen LogP contribution < -0.4 is 0 Å². The van der Waals surface area contributed by atoms with Crippen molar-refractivity contribution in [2.24, 2.45) is 0 Å². The summed E-state index contributed by atoms with van der Waals surface area (Å²) in [5, 5.41) is 0. The molecular weight excluding hydrogens is 433 g/mol. The van der Waals surface area contributed by atoms with Gasteiger partial charge in [-0.3, -0.25) is 4.79 Å². The minimum atomic E-state index is -3.06. The van der Waals surface area contributed by atoms with Crippen LogP contribution in [0.2, 0.25) is 0 Å². The number of halogens is 2. The molecule has 0 aliphatic carbocycles. The van der Waals surface area contributed by atoms with E-state index in [1.165, 1.54) is 4.90 Å². The van der Waals surface area contributed by atoms with Crippen molar-refractivity contribution in [2.75, 3.05) is 25.6 Å². The number of carbonyl (C=O) groups is 1. The van der Waals surface area contributed by atoms with Gasteiger partial charge in [0.1, 0.15) is 9.84 Å². The largest absolute Gasteiger partial charge is 0.341 e. The summed E-state index contributed by atoms with van der Waals surface area (Å²) < 4.78 is 23.8. The fourth-order valence-corrected chi connectivity index (χ4v) is 2.78. The molecule has 4 nitrogen and oxygen atoms in total. The molecule has 0 heterocycles. The van der Waals surface area contributed by atoms with E-state index < -0.39 is 9.84 Å². The van der Waals surface area contributed by atoms with Gasteiger partial charge in [0.2, 0.25) is 0 Å². The van der Waals surface area contributed by atoms with Crippen molar-refractivity contribution in [3.05, 3.63) is 31.8 Å². The molecule has 0 saturated heterocycles. The molecule has 0 bridgehead atoms. The third-order valence-electron chi connectivity index (χ3n) is 2.30. The molecule has 18 heavy (non-hydrogen) atoms. The quantitative estimate of drug-likeness (QED) is 0.667. The summed E-state index contributed by atoms with van der Waals surface area (Å²) in [6.07, 6.45) is 1.16. The Labute approximate surface area is 129 Å². The topological polar surface area (TPSA) is 54.5 Å². The van der Waals surface area contributed by atoms with E-state index in [1.54, 1.807) is 19.2 Å². The van der Waals surface area contributed by atoms with E-state index in [1.807, 2.05) is 6.07 Å². The van der Waals surface area contributed by atoms with Crippen molar-refractivity contribution in [2.45, 2.75) is 0 Å². The van der Waals surface area contributed by atoms with E-state index in [4.69, 9.17) is 0 Å². The summed E-state index contributed by atoms with van der Waals surface area (Å²) >= 11 is 5.45. The molecule has 0 radical (unpaired) electrons. The van der Waals surface area contributed by atoms with Crippen LogP contribution in [0.1, 0.15) is 10.4 Å². The van der Waals surface area contributed by atoms with Crippen LogP contribution in [-0.2, 0) is 9.84 Å². The fourth-order valence-electron chi connectivity index (χ4n) is 1.27. The van der Waals surface area contributed by atoms with Gasteiger partial charge in [0.25, 0.3) is 5.91 Å². The number of sulfone groups is 1. The molecule has 0 unspecified atom stereocenters. The highest BCUT2D eigenvalue weighted by Gasteiger charge is 2.16. The van der Waals surface area contributed by atoms with Crippen LogP contribution in [0.15, 0.2) is 22.7 Å². The zero-order valence-electron chi connectivity index (χ0n) is 9.98. The molecule has 0 fully saturated rings. The van der Waals surface area contributed by atoms with Gasteiger partial charge in [-0.15, -0.1) is 0 Å². The SMILES string of the molecule is CN(CCS(C)(=O)=O)C(=O)c1cc(I)ccc1Br. The maximum Gasteiger partial charge on any atom is 0.254 e. The minimum Gasteiger partial charge on any atom is -0.341 e. The zero-order valence-corrected chi connectivity index (χ0v) is 14.5. The molecule has 7 heteroatoms. The van der Waals surface area contributed by atoms with Crippen LogP contribution in [0.4, 0.5) is 0 Å². The van der Waals surface area contributed by atoms with E-state index in [-0.39, 0.29) is 18.2 Å². The van der Waals surface area contributed by atoms with Crippen LogP contribution >= 0.6 is 38.5 Å². The Bertz CT molecular complexity index is 559. The summed E-state index contributed by atoms with van der Waals surface area (Å²) in [5.74, 6) is -0.222. The van der Waals surface area contributed by atoms with Crippen LogP contribution in [-0.4, -0.2) is 44.8 Å². The molecule has 1 aromatic rings. The first-order valence-corrected chi connectivity index (χ1v) is 9.02. The molecule has 1 amide bonds. The average molecular weight is 446 g/mol. The van der Waals surface area contributed by atoms with Gasteiger partial charge >= 0.3 is 0 Å². The van der Waals surface area contributed by atoms with Gasteiger partial charge in [0, 0.05) is 27.9 Å². The van der Waals surface area contributed by atoms with Gasteiger partial charge in [-0.25, -0.2) is 8.42 Å². The third-order valence-corrected chi connectivity index (χ3v) is 4.59. The lowest BCUT2D eigenvalue weighted by Gasteiger charge is -2.17. The lowest BCUT2D eigenvalue weighted by Crippen LogP contribution is -2.31. The molecule has 0 N–H and O–H groups in total. The van der Waals surface area contributed by atoms with Crippen molar-refractivity contribution < 1.29 is 13.2 Å². The van der Waals surface area contributed by atoms with E-state index in [9.17, 15) is 13.2 Å². The maximum absolute atomic E-state index is 12.1. The summed E-state index contributed by atoms with van der Waals surface area (Å²) in [5.41, 5.74) is 0.540. The second-order valence-corrected chi connectivity index (χ2v) is 8.34. The molecule has 100 valence electrons. The normalized spacial score (nSPS) is 11.3. The summed E-state index contributed by atoms with van der Waals surface area (Å²) in [4.78, 5) is 13.5. The van der Waals surface area contributed by atoms with E-state index in [0.717, 1.165) is 9.83 Å². The number of nitrogens with zero attached hydrogens (tertiary/aromatic N) is 1. The summed E-state index contributed by atoms with van der Waals surface area (Å²) in [6, 6.07) is 5.46. The number of benzene rings is 1. The number of carbonyl (C=O) groups excluding carboxylic acids is 1. The Morgan fingerprint density at radius 3 is 2.61 bits per heavy atom. The predicted octanol–water partition coefficient (Wildman–Crippen LogP) is 2.17. The molecule has 1 rings (SSSR count).